The number of rotatable bonds is 4. The highest BCUT2D eigenvalue weighted by atomic mass is 19.4. The molecule has 0 heterocycles. The van der Waals surface area contributed by atoms with Crippen molar-refractivity contribution in [1.29, 1.82) is 5.26 Å². The van der Waals surface area contributed by atoms with Crippen molar-refractivity contribution < 1.29 is 27.4 Å². The zero-order valence-corrected chi connectivity index (χ0v) is 9.04. The number of nitrogens with zero attached hydrogens (tertiary/aromatic N) is 1. The molecule has 0 saturated heterocycles. The van der Waals surface area contributed by atoms with E-state index in [2.05, 4.69) is 0 Å². The summed E-state index contributed by atoms with van der Waals surface area (Å²) in [5.41, 5.74) is -1.56. The predicted octanol–water partition coefficient (Wildman–Crippen LogP) is 2.42. The molecular weight excluding hydrogens is 254 g/mol. The first kappa shape index (κ1) is 14.4. The fraction of sp³-hybridized carbons (Fsp3) is 0.364. The van der Waals surface area contributed by atoms with Gasteiger partial charge in [-0.3, -0.25) is 0 Å². The van der Waals surface area contributed by atoms with E-state index in [1.54, 1.807) is 6.07 Å². The molecule has 0 spiro atoms. The molecule has 1 atom stereocenters. The van der Waals surface area contributed by atoms with Crippen LogP contribution in [0.15, 0.2) is 18.2 Å². The van der Waals surface area contributed by atoms with E-state index in [1.165, 1.54) is 0 Å². The molecule has 3 nitrogen and oxygen atoms in total. The van der Waals surface area contributed by atoms with Gasteiger partial charge in [0.1, 0.15) is 5.82 Å². The molecule has 0 saturated carbocycles. The topological polar surface area (TPSA) is 53.2 Å². The Morgan fingerprint density at radius 1 is 1.39 bits per heavy atom. The largest absolute Gasteiger partial charge is 0.419 e. The van der Waals surface area contributed by atoms with Crippen molar-refractivity contribution in [3.8, 4) is 6.07 Å². The van der Waals surface area contributed by atoms with E-state index in [0.29, 0.717) is 12.1 Å². The summed E-state index contributed by atoms with van der Waals surface area (Å²) in [7, 11) is 0. The van der Waals surface area contributed by atoms with Gasteiger partial charge in [0.2, 0.25) is 0 Å². The van der Waals surface area contributed by atoms with E-state index in [0.717, 1.165) is 6.07 Å². The number of halogens is 4. The minimum Gasteiger partial charge on any atom is -0.394 e. The SMILES string of the molecule is N#CC(OCCO)c1ccc(F)c(C(F)(F)F)c1. The molecule has 0 aromatic heterocycles. The molecule has 1 N–H and O–H groups in total. The second-order valence-corrected chi connectivity index (χ2v) is 3.34. The predicted molar refractivity (Wildman–Crippen MR) is 52.8 cm³/mol. The number of aliphatic hydroxyl groups is 1. The summed E-state index contributed by atoms with van der Waals surface area (Å²) in [6.45, 7) is -0.567. The van der Waals surface area contributed by atoms with Crippen molar-refractivity contribution in [2.75, 3.05) is 13.2 Å². The van der Waals surface area contributed by atoms with Crippen molar-refractivity contribution in [2.24, 2.45) is 0 Å². The third kappa shape index (κ3) is 3.42. The van der Waals surface area contributed by atoms with Crippen molar-refractivity contribution in [1.82, 2.24) is 0 Å². The Bertz CT molecular complexity index is 453. The van der Waals surface area contributed by atoms with E-state index >= 15 is 0 Å². The van der Waals surface area contributed by atoms with Gasteiger partial charge in [0, 0.05) is 0 Å². The number of hydrogen-bond acceptors (Lipinski definition) is 3. The number of nitriles is 1. The zero-order valence-electron chi connectivity index (χ0n) is 9.04. The number of alkyl halides is 3. The van der Waals surface area contributed by atoms with Gasteiger partial charge in [0.15, 0.2) is 6.10 Å². The minimum atomic E-state index is -4.84. The highest BCUT2D eigenvalue weighted by molar-refractivity contribution is 5.31. The van der Waals surface area contributed by atoms with Gasteiger partial charge in [-0.25, -0.2) is 4.39 Å². The van der Waals surface area contributed by atoms with Crippen LogP contribution < -0.4 is 0 Å². The Balaban J connectivity index is 3.07. The Hall–Kier alpha value is -1.65. The first-order valence-electron chi connectivity index (χ1n) is 4.89. The molecule has 0 aliphatic heterocycles. The quantitative estimate of drug-likeness (QED) is 0.849. The van der Waals surface area contributed by atoms with Gasteiger partial charge >= 0.3 is 6.18 Å². The maximum atomic E-state index is 13.0. The monoisotopic (exact) mass is 263 g/mol. The van der Waals surface area contributed by atoms with Gasteiger partial charge in [-0.05, 0) is 17.7 Å². The number of benzene rings is 1. The van der Waals surface area contributed by atoms with Gasteiger partial charge in [0.05, 0.1) is 24.8 Å². The highest BCUT2D eigenvalue weighted by Crippen LogP contribution is 2.33. The maximum absolute atomic E-state index is 13.0. The third-order valence-corrected chi connectivity index (χ3v) is 2.09. The van der Waals surface area contributed by atoms with Crippen molar-refractivity contribution >= 4 is 0 Å². The van der Waals surface area contributed by atoms with Crippen LogP contribution in [0.1, 0.15) is 17.2 Å². The van der Waals surface area contributed by atoms with Gasteiger partial charge in [-0.2, -0.15) is 18.4 Å². The molecule has 0 fully saturated rings. The fourth-order valence-electron chi connectivity index (χ4n) is 1.30. The summed E-state index contributed by atoms with van der Waals surface area (Å²) in [6, 6.07) is 3.82. The van der Waals surface area contributed by atoms with Crippen LogP contribution in [0.4, 0.5) is 17.6 Å². The Morgan fingerprint density at radius 3 is 2.56 bits per heavy atom. The lowest BCUT2D eigenvalue weighted by atomic mass is 10.1. The summed E-state index contributed by atoms with van der Waals surface area (Å²) < 4.78 is 55.2. The van der Waals surface area contributed by atoms with E-state index in [4.69, 9.17) is 15.1 Å². The lowest BCUT2D eigenvalue weighted by Crippen LogP contribution is -2.11. The van der Waals surface area contributed by atoms with Crippen molar-refractivity contribution in [2.45, 2.75) is 12.3 Å². The van der Waals surface area contributed by atoms with E-state index in [9.17, 15) is 17.6 Å². The van der Waals surface area contributed by atoms with Crippen LogP contribution in [0.25, 0.3) is 0 Å². The van der Waals surface area contributed by atoms with Crippen LogP contribution in [-0.2, 0) is 10.9 Å². The van der Waals surface area contributed by atoms with Gasteiger partial charge in [-0.1, -0.05) is 6.07 Å². The smallest absolute Gasteiger partial charge is 0.394 e. The lowest BCUT2D eigenvalue weighted by molar-refractivity contribution is -0.140. The van der Waals surface area contributed by atoms with Crippen LogP contribution in [0.3, 0.4) is 0 Å². The molecule has 98 valence electrons. The summed E-state index contributed by atoms with van der Waals surface area (Å²) in [5.74, 6) is -1.41. The van der Waals surface area contributed by atoms with Gasteiger partial charge in [0.25, 0.3) is 0 Å². The van der Waals surface area contributed by atoms with E-state index in [1.807, 2.05) is 0 Å². The highest BCUT2D eigenvalue weighted by Gasteiger charge is 2.34. The van der Waals surface area contributed by atoms with Crippen molar-refractivity contribution in [3.05, 3.63) is 35.1 Å². The molecule has 0 aliphatic carbocycles. The molecule has 1 aromatic carbocycles. The molecule has 7 heteroatoms. The molecule has 0 aliphatic rings. The van der Waals surface area contributed by atoms with Crippen LogP contribution in [0, 0.1) is 17.1 Å². The molecule has 1 rings (SSSR count). The molecule has 0 radical (unpaired) electrons. The van der Waals surface area contributed by atoms with Crippen molar-refractivity contribution in [3.63, 3.8) is 0 Å². The number of aliphatic hydroxyl groups excluding tert-OH is 1. The standard InChI is InChI=1S/C11H9F4NO2/c12-9-2-1-7(5-8(9)11(13,14)15)10(6-16)18-4-3-17/h1-2,5,10,17H,3-4H2. The average Bonchev–Trinajstić information content (AvgIpc) is 2.30. The summed E-state index contributed by atoms with van der Waals surface area (Å²) in [6.07, 6.45) is -6.12. The van der Waals surface area contributed by atoms with Gasteiger partial charge < -0.3 is 9.84 Å². The molecule has 0 amide bonds. The first-order chi connectivity index (χ1) is 8.40. The molecule has 18 heavy (non-hydrogen) atoms. The maximum Gasteiger partial charge on any atom is 0.419 e. The second-order valence-electron chi connectivity index (χ2n) is 3.34. The Kier molecular flexibility index (Phi) is 4.64. The summed E-state index contributed by atoms with van der Waals surface area (Å²) >= 11 is 0. The van der Waals surface area contributed by atoms with Crippen LogP contribution in [0.2, 0.25) is 0 Å². The first-order valence-corrected chi connectivity index (χ1v) is 4.89. The Labute approximate surface area is 100 Å². The second kappa shape index (κ2) is 5.80. The molecule has 1 unspecified atom stereocenters. The summed E-state index contributed by atoms with van der Waals surface area (Å²) in [4.78, 5) is 0. The number of ether oxygens (including phenoxy) is 1. The van der Waals surface area contributed by atoms with Crippen LogP contribution in [0.5, 0.6) is 0 Å². The van der Waals surface area contributed by atoms with Crippen LogP contribution in [-0.4, -0.2) is 18.3 Å². The molecule has 0 bridgehead atoms. The lowest BCUT2D eigenvalue weighted by Gasteiger charge is -2.13. The third-order valence-electron chi connectivity index (χ3n) is 2.09. The van der Waals surface area contributed by atoms with E-state index < -0.39 is 23.7 Å². The fourth-order valence-corrected chi connectivity index (χ4v) is 1.30. The van der Waals surface area contributed by atoms with Crippen LogP contribution >= 0.6 is 0 Å². The minimum absolute atomic E-state index is 0.111. The number of hydrogen-bond donors (Lipinski definition) is 1. The van der Waals surface area contributed by atoms with E-state index in [-0.39, 0.29) is 18.8 Å². The van der Waals surface area contributed by atoms with Gasteiger partial charge in [-0.15, -0.1) is 0 Å². The normalized spacial score (nSPS) is 13.1. The Morgan fingerprint density at radius 2 is 2.06 bits per heavy atom. The summed E-state index contributed by atoms with van der Waals surface area (Å²) in [5, 5.41) is 17.2. The average molecular weight is 263 g/mol. The molecule has 1 aromatic rings. The zero-order chi connectivity index (χ0) is 13.8. The molecular formula is C11H9F4NO2.